The Labute approximate surface area is 215 Å². The van der Waals surface area contributed by atoms with Gasteiger partial charge in [-0.3, -0.25) is 9.59 Å². The van der Waals surface area contributed by atoms with E-state index >= 15 is 0 Å². The first-order chi connectivity index (χ1) is 17.5. The van der Waals surface area contributed by atoms with Crippen LogP contribution in [0, 0.1) is 11.2 Å². The lowest BCUT2D eigenvalue weighted by Gasteiger charge is -2.21. The van der Waals surface area contributed by atoms with Gasteiger partial charge in [-0.15, -0.1) is 0 Å². The first-order valence-electron chi connectivity index (χ1n) is 12.1. The van der Waals surface area contributed by atoms with Crippen LogP contribution in [0.25, 0.3) is 22.4 Å². The van der Waals surface area contributed by atoms with E-state index in [9.17, 15) is 27.5 Å². The monoisotopic (exact) mass is 531 g/mol. The molecule has 1 saturated carbocycles. The second-order valence-electron chi connectivity index (χ2n) is 9.96. The molecule has 1 aliphatic carbocycles. The number of carboxylic acids is 1. The SMILES string of the molecule is CNC(=O)c1c(-c2ccc(F)cc2)oc2nc(CN(CCCC(C)(C)C(=O)O)[SH](=O)=O)c(C3CC3)cc12. The van der Waals surface area contributed by atoms with E-state index in [0.717, 1.165) is 18.4 Å². The summed E-state index contributed by atoms with van der Waals surface area (Å²) in [5.74, 6) is -1.28. The van der Waals surface area contributed by atoms with Crippen LogP contribution in [0.4, 0.5) is 4.39 Å². The number of rotatable bonds is 11. The van der Waals surface area contributed by atoms with Crippen LogP contribution in [0.1, 0.15) is 67.1 Å². The molecule has 0 radical (unpaired) electrons. The summed E-state index contributed by atoms with van der Waals surface area (Å²) in [5, 5.41) is 12.5. The van der Waals surface area contributed by atoms with Crippen molar-refractivity contribution in [3.8, 4) is 11.3 Å². The van der Waals surface area contributed by atoms with Gasteiger partial charge in [0.15, 0.2) is 0 Å². The summed E-state index contributed by atoms with van der Waals surface area (Å²) in [6.45, 7) is 3.38. The zero-order chi connectivity index (χ0) is 26.9. The van der Waals surface area contributed by atoms with Crippen molar-refractivity contribution in [2.45, 2.75) is 52.0 Å². The molecule has 0 bridgehead atoms. The molecule has 1 amide bonds. The Morgan fingerprint density at radius 1 is 1.24 bits per heavy atom. The van der Waals surface area contributed by atoms with Gasteiger partial charge >= 0.3 is 5.97 Å². The van der Waals surface area contributed by atoms with E-state index in [1.54, 1.807) is 13.8 Å². The highest BCUT2D eigenvalue weighted by molar-refractivity contribution is 7.69. The maximum absolute atomic E-state index is 13.5. The third-order valence-electron chi connectivity index (χ3n) is 6.73. The molecular weight excluding hydrogens is 501 g/mol. The minimum atomic E-state index is -2.94. The van der Waals surface area contributed by atoms with Crippen LogP contribution in [-0.2, 0) is 22.2 Å². The number of benzene rings is 1. The van der Waals surface area contributed by atoms with Gasteiger partial charge in [0.25, 0.3) is 5.91 Å². The molecule has 198 valence electrons. The highest BCUT2D eigenvalue weighted by Gasteiger charge is 2.32. The summed E-state index contributed by atoms with van der Waals surface area (Å²) in [6.07, 6.45) is 2.54. The van der Waals surface area contributed by atoms with Gasteiger partial charge in [-0.05, 0) is 81.3 Å². The molecule has 0 unspecified atom stereocenters. The van der Waals surface area contributed by atoms with Crippen LogP contribution >= 0.6 is 0 Å². The molecule has 1 aliphatic rings. The third kappa shape index (κ3) is 5.83. The van der Waals surface area contributed by atoms with Gasteiger partial charge < -0.3 is 14.8 Å². The van der Waals surface area contributed by atoms with Crippen molar-refractivity contribution < 1.29 is 31.9 Å². The van der Waals surface area contributed by atoms with Gasteiger partial charge in [0, 0.05) is 19.2 Å². The van der Waals surface area contributed by atoms with Crippen LogP contribution in [0.5, 0.6) is 0 Å². The predicted molar refractivity (Wildman–Crippen MR) is 136 cm³/mol. The molecule has 9 nitrogen and oxygen atoms in total. The zero-order valence-electron chi connectivity index (χ0n) is 20.9. The standard InChI is InChI=1S/C26H30FN3O6S/c1-26(2,25(32)33)11-4-12-30(37(34)35)14-20-18(15-5-6-15)13-19-21(23(31)28-3)22(36-24(19)29-20)16-7-9-17(27)10-8-16/h7-10,13,15,37H,4-6,11-12,14H2,1-3H3,(H,28,31)(H,32,33). The quantitative estimate of drug-likeness (QED) is 0.318. The molecule has 0 spiro atoms. The first kappa shape index (κ1) is 26.7. The van der Waals surface area contributed by atoms with E-state index in [0.29, 0.717) is 29.5 Å². The lowest BCUT2D eigenvalue weighted by Crippen LogP contribution is -2.28. The number of carbonyl (C=O) groups is 2. The lowest BCUT2D eigenvalue weighted by molar-refractivity contribution is -0.147. The number of halogens is 1. The number of amides is 1. The van der Waals surface area contributed by atoms with Crippen LogP contribution < -0.4 is 5.32 Å². The Bertz CT molecular complexity index is 1400. The van der Waals surface area contributed by atoms with E-state index in [2.05, 4.69) is 10.3 Å². The van der Waals surface area contributed by atoms with Crippen LogP contribution in [0.3, 0.4) is 0 Å². The van der Waals surface area contributed by atoms with Crippen molar-refractivity contribution in [2.24, 2.45) is 5.41 Å². The number of thiol groups is 1. The molecule has 0 atom stereocenters. The van der Waals surface area contributed by atoms with Gasteiger partial charge in [-0.25, -0.2) is 17.8 Å². The summed E-state index contributed by atoms with van der Waals surface area (Å²) < 4.78 is 44.9. The molecule has 4 rings (SSSR count). The maximum atomic E-state index is 13.5. The van der Waals surface area contributed by atoms with Crippen LogP contribution in [0.15, 0.2) is 34.7 Å². The second-order valence-corrected chi connectivity index (χ2v) is 11.0. The third-order valence-corrected chi connectivity index (χ3v) is 7.54. The molecule has 2 N–H and O–H groups in total. The highest BCUT2D eigenvalue weighted by Crippen LogP contribution is 2.44. The number of hydrogen-bond acceptors (Lipinski definition) is 6. The van der Waals surface area contributed by atoms with E-state index in [1.807, 2.05) is 6.07 Å². The highest BCUT2D eigenvalue weighted by atomic mass is 32.2. The van der Waals surface area contributed by atoms with Crippen LogP contribution in [-0.4, -0.2) is 48.3 Å². The smallest absolute Gasteiger partial charge is 0.309 e. The van der Waals surface area contributed by atoms with Gasteiger partial charge in [-0.1, -0.05) is 0 Å². The van der Waals surface area contributed by atoms with Gasteiger partial charge in [0.05, 0.1) is 28.6 Å². The average molecular weight is 532 g/mol. The number of carboxylic acid groups (broad SMARTS) is 1. The fourth-order valence-electron chi connectivity index (χ4n) is 4.31. The van der Waals surface area contributed by atoms with Crippen molar-refractivity contribution in [1.29, 1.82) is 0 Å². The van der Waals surface area contributed by atoms with E-state index < -0.39 is 28.1 Å². The lowest BCUT2D eigenvalue weighted by atomic mass is 9.88. The number of carbonyl (C=O) groups excluding carboxylic acids is 1. The summed E-state index contributed by atoms with van der Waals surface area (Å²) in [4.78, 5) is 28.9. The van der Waals surface area contributed by atoms with Crippen LogP contribution in [0.2, 0.25) is 0 Å². The minimum Gasteiger partial charge on any atom is -0.481 e. The number of pyridine rings is 1. The number of aromatic nitrogens is 1. The Morgan fingerprint density at radius 3 is 2.49 bits per heavy atom. The van der Waals surface area contributed by atoms with Crippen molar-refractivity contribution in [1.82, 2.24) is 14.6 Å². The fraction of sp³-hybridized carbons (Fsp3) is 0.423. The van der Waals surface area contributed by atoms with Crippen molar-refractivity contribution in [3.05, 3.63) is 53.0 Å². The van der Waals surface area contributed by atoms with Crippen molar-refractivity contribution >= 4 is 33.9 Å². The molecule has 0 aliphatic heterocycles. The average Bonchev–Trinajstić information content (AvgIpc) is 3.63. The van der Waals surface area contributed by atoms with Gasteiger partial charge in [-0.2, -0.15) is 4.31 Å². The Hall–Kier alpha value is -3.31. The minimum absolute atomic E-state index is 0.00979. The number of hydrogen-bond donors (Lipinski definition) is 3. The fourth-order valence-corrected chi connectivity index (χ4v) is 4.86. The van der Waals surface area contributed by atoms with Gasteiger partial charge in [0.2, 0.25) is 16.6 Å². The molecule has 11 heteroatoms. The molecule has 0 saturated heterocycles. The molecule has 1 fully saturated rings. The molecule has 37 heavy (non-hydrogen) atoms. The topological polar surface area (TPSA) is 130 Å². The summed E-state index contributed by atoms with van der Waals surface area (Å²) in [7, 11) is -1.43. The molecule has 1 aromatic carbocycles. The molecule has 2 heterocycles. The molecule has 3 aromatic rings. The number of fused-ring (bicyclic) bond motifs is 1. The van der Waals surface area contributed by atoms with Crippen molar-refractivity contribution in [3.63, 3.8) is 0 Å². The van der Waals surface area contributed by atoms with E-state index in [1.165, 1.54) is 35.6 Å². The Balaban J connectivity index is 1.72. The molecule has 2 aromatic heterocycles. The largest absolute Gasteiger partial charge is 0.481 e. The predicted octanol–water partition coefficient (Wildman–Crippen LogP) is 4.09. The maximum Gasteiger partial charge on any atom is 0.309 e. The first-order valence-corrected chi connectivity index (χ1v) is 13.2. The Kier molecular flexibility index (Phi) is 7.65. The Morgan fingerprint density at radius 2 is 1.92 bits per heavy atom. The van der Waals surface area contributed by atoms with Gasteiger partial charge in [0.1, 0.15) is 11.6 Å². The summed E-state index contributed by atoms with van der Waals surface area (Å²) >= 11 is 0. The van der Waals surface area contributed by atoms with Crippen molar-refractivity contribution in [2.75, 3.05) is 13.6 Å². The zero-order valence-corrected chi connectivity index (χ0v) is 21.8. The number of furan rings is 1. The molecular formula is C26H30FN3O6S. The summed E-state index contributed by atoms with van der Waals surface area (Å²) in [5.41, 5.74) is 1.42. The number of nitrogens with one attached hydrogen (secondary N) is 1. The number of nitrogens with zero attached hydrogens (tertiary/aromatic N) is 2. The normalized spacial score (nSPS) is 14.0. The second kappa shape index (κ2) is 10.6. The van der Waals surface area contributed by atoms with E-state index in [4.69, 9.17) is 4.42 Å². The van der Waals surface area contributed by atoms with E-state index in [-0.39, 0.29) is 42.0 Å². The number of aliphatic carboxylic acids is 1. The summed E-state index contributed by atoms with van der Waals surface area (Å²) in [6, 6.07) is 7.44.